The van der Waals surface area contributed by atoms with Crippen LogP contribution in [0.5, 0.6) is 0 Å². The van der Waals surface area contributed by atoms with Gasteiger partial charge >= 0.3 is 41.8 Å². The molecule has 0 bridgehead atoms. The zero-order valence-corrected chi connectivity index (χ0v) is 51.4. The lowest BCUT2D eigenvalue weighted by Gasteiger charge is -2.75. The molecule has 0 aromatic heterocycles. The number of carbonyl (C=O) groups is 7. The first-order chi connectivity index (χ1) is 38.7. The number of esters is 7. The Labute approximate surface area is 488 Å². The van der Waals surface area contributed by atoms with E-state index < -0.39 is 154 Å². The Hall–Kier alpha value is -4.03. The molecule has 0 unspecified atom stereocenters. The summed E-state index contributed by atoms with van der Waals surface area (Å²) in [6, 6.07) is 0. The fourth-order valence-electron chi connectivity index (χ4n) is 17.6. The summed E-state index contributed by atoms with van der Waals surface area (Å²) in [6.45, 7) is 25.8. The van der Waals surface area contributed by atoms with Crippen molar-refractivity contribution >= 4 is 41.8 Å². The molecule has 8 fully saturated rings. The molecule has 0 radical (unpaired) electrons. The van der Waals surface area contributed by atoms with Crippen molar-refractivity contribution in [2.75, 3.05) is 19.8 Å². The predicted molar refractivity (Wildman–Crippen MR) is 289 cm³/mol. The van der Waals surface area contributed by atoms with Crippen molar-refractivity contribution in [1.29, 1.82) is 0 Å². The van der Waals surface area contributed by atoms with Crippen LogP contribution in [-0.4, -0.2) is 164 Å². The first-order valence-corrected chi connectivity index (χ1v) is 30.1. The highest BCUT2D eigenvalue weighted by Crippen LogP contribution is 2.78. The lowest BCUT2D eigenvalue weighted by molar-refractivity contribution is -0.394. The number of aliphatic hydroxyl groups excluding tert-OH is 2. The monoisotopic (exact) mass is 1180 g/mol. The molecule has 83 heavy (non-hydrogen) atoms. The molecule has 0 aromatic rings. The van der Waals surface area contributed by atoms with Crippen LogP contribution in [0.3, 0.4) is 0 Å². The highest BCUT2D eigenvalue weighted by molar-refractivity contribution is 5.69. The zero-order chi connectivity index (χ0) is 61.1. The Morgan fingerprint density at radius 3 is 1.59 bits per heavy atom. The SMILES string of the molecule is CC(=O)OC[C@H]1O[C@@H](O[C@H]2[C@H](O[C@H]3CC[C@@H]4[C@](C)(CC[C@H]5[C@@]4(C)CC[C@@]4(C)[C@@H]6CC(C)(C)CC[C@]6(C)CC[C@]54C)[C@H]3C)O[C@H](CO)[C@@H](O)[C@@H]2O[C@@H]2OC[C@@H](OC(C)=O)[C@H](OC(C)=O)[C@H]2OC(C)=O)[C@H](OC(C)=O)[C@@H](OC(C)=O)[C@H]1OC(C)=O. The van der Waals surface area contributed by atoms with Gasteiger partial charge in [-0.15, -0.1) is 0 Å². The normalized spacial score (nSPS) is 45.5. The van der Waals surface area contributed by atoms with E-state index in [-0.39, 0.29) is 27.6 Å². The fourth-order valence-corrected chi connectivity index (χ4v) is 17.6. The summed E-state index contributed by atoms with van der Waals surface area (Å²) >= 11 is 0. The second kappa shape index (κ2) is 24.6. The maximum Gasteiger partial charge on any atom is 0.303 e. The van der Waals surface area contributed by atoms with Crippen LogP contribution in [0, 0.1) is 56.2 Å². The molecular formula is C61H94O22. The molecule has 22 nitrogen and oxygen atoms in total. The van der Waals surface area contributed by atoms with Crippen LogP contribution in [-0.2, 0) is 95.1 Å². The molecule has 22 heteroatoms. The van der Waals surface area contributed by atoms with Gasteiger partial charge in [-0.05, 0) is 127 Å². The molecule has 3 aliphatic heterocycles. The van der Waals surface area contributed by atoms with Crippen LogP contribution < -0.4 is 0 Å². The van der Waals surface area contributed by atoms with Crippen LogP contribution in [0.1, 0.15) is 174 Å². The number of hydrogen-bond acceptors (Lipinski definition) is 22. The third-order valence-corrected chi connectivity index (χ3v) is 21.9. The van der Waals surface area contributed by atoms with Gasteiger partial charge in [-0.3, -0.25) is 33.6 Å². The molecule has 0 spiro atoms. The van der Waals surface area contributed by atoms with Crippen molar-refractivity contribution in [3.8, 4) is 0 Å². The predicted octanol–water partition coefficient (Wildman–Crippen LogP) is 6.36. The summed E-state index contributed by atoms with van der Waals surface area (Å²) in [5.41, 5.74) is 0.787. The summed E-state index contributed by atoms with van der Waals surface area (Å²) in [6.07, 6.45) is -11.4. The van der Waals surface area contributed by atoms with Crippen LogP contribution in [0.2, 0.25) is 0 Å². The van der Waals surface area contributed by atoms with E-state index in [9.17, 15) is 43.8 Å². The van der Waals surface area contributed by atoms with Crippen molar-refractivity contribution in [3.05, 3.63) is 0 Å². The topological polar surface area (TPSA) is 280 Å². The summed E-state index contributed by atoms with van der Waals surface area (Å²) in [7, 11) is 0. The van der Waals surface area contributed by atoms with Crippen molar-refractivity contribution < 1.29 is 105 Å². The summed E-state index contributed by atoms with van der Waals surface area (Å²) in [5.74, 6) is -4.52. The van der Waals surface area contributed by atoms with Gasteiger partial charge in [0.05, 0.1) is 19.3 Å². The standard InChI is InChI=1S/C61H94O22/c1-30-38(16-17-42-58(30,12)19-18-43-59(42,13)23-25-61(15)44-26-56(9,10)20-21-57(44,11)22-24-60(43,61)14)79-54-51(83-55-52(78-37(8)69)49(76-35(6)67)46(74-33(4)65)41(81-55)28-71-31(2)63)48(45(70)39(27-62)80-54)82-53-50(77-36(7)68)47(75-34(5)66)40(29-72-53)73-32(3)64/h30,38-55,62,70H,16-29H2,1-15H3/t30-,38-,39+,40+,41+,42+,43-,44+,45+,46-,47-,48-,49-,50+,51+,52+,53-,54+,55-,57+,58+,59-,60+,61-/m0/s1. The second-order valence-electron chi connectivity index (χ2n) is 27.6. The highest BCUT2D eigenvalue weighted by atomic mass is 16.8. The molecule has 8 rings (SSSR count). The van der Waals surface area contributed by atoms with Crippen LogP contribution in [0.15, 0.2) is 0 Å². The van der Waals surface area contributed by atoms with Gasteiger partial charge in [-0.2, -0.15) is 0 Å². The van der Waals surface area contributed by atoms with E-state index in [1.807, 2.05) is 0 Å². The molecule has 0 aromatic carbocycles. The largest absolute Gasteiger partial charge is 0.463 e. The molecule has 3 heterocycles. The van der Waals surface area contributed by atoms with E-state index in [1.165, 1.54) is 38.5 Å². The maximum atomic E-state index is 13.1. The number of aliphatic hydroxyl groups is 2. The van der Waals surface area contributed by atoms with Crippen molar-refractivity contribution in [1.82, 2.24) is 0 Å². The quantitative estimate of drug-likeness (QED) is 0.103. The number of hydrogen-bond donors (Lipinski definition) is 2. The Kier molecular flexibility index (Phi) is 19.3. The fraction of sp³-hybridized carbons (Fsp3) is 0.885. The minimum atomic E-state index is -1.87. The Morgan fingerprint density at radius 2 is 0.988 bits per heavy atom. The number of ether oxygens (including phenoxy) is 13. The summed E-state index contributed by atoms with van der Waals surface area (Å²) in [5, 5.41) is 23.4. The first kappa shape index (κ1) is 65.0. The van der Waals surface area contributed by atoms with Crippen LogP contribution in [0.25, 0.3) is 0 Å². The molecule has 5 aliphatic carbocycles. The minimum Gasteiger partial charge on any atom is -0.463 e. The lowest BCUT2D eigenvalue weighted by atomic mass is 9.30. The molecular weight excluding hydrogens is 1080 g/mol. The molecule has 0 amide bonds. The first-order valence-electron chi connectivity index (χ1n) is 30.1. The average molecular weight is 1180 g/mol. The van der Waals surface area contributed by atoms with E-state index in [1.54, 1.807) is 0 Å². The molecule has 8 aliphatic rings. The minimum absolute atomic E-state index is 0.0302. The number of carbonyl (C=O) groups excluding carboxylic acids is 7. The van der Waals surface area contributed by atoms with E-state index in [2.05, 4.69) is 55.4 Å². The second-order valence-corrected chi connectivity index (χ2v) is 27.6. The Morgan fingerprint density at radius 1 is 0.470 bits per heavy atom. The van der Waals surface area contributed by atoms with Gasteiger partial charge in [0.2, 0.25) is 0 Å². The van der Waals surface area contributed by atoms with Crippen LogP contribution in [0.4, 0.5) is 0 Å². The van der Waals surface area contributed by atoms with Crippen molar-refractivity contribution in [3.63, 3.8) is 0 Å². The Bertz CT molecular complexity index is 2420. The smallest absolute Gasteiger partial charge is 0.303 e. The van der Waals surface area contributed by atoms with Gasteiger partial charge in [-0.1, -0.05) is 55.4 Å². The molecule has 5 saturated carbocycles. The van der Waals surface area contributed by atoms with Gasteiger partial charge in [0, 0.05) is 48.5 Å². The van der Waals surface area contributed by atoms with Gasteiger partial charge < -0.3 is 71.8 Å². The third-order valence-electron chi connectivity index (χ3n) is 21.9. The van der Waals surface area contributed by atoms with E-state index >= 15 is 0 Å². The molecule has 470 valence electrons. The van der Waals surface area contributed by atoms with Crippen LogP contribution >= 0.6 is 0 Å². The van der Waals surface area contributed by atoms with Crippen molar-refractivity contribution in [2.24, 2.45) is 56.2 Å². The summed E-state index contributed by atoms with van der Waals surface area (Å²) in [4.78, 5) is 88.8. The van der Waals surface area contributed by atoms with E-state index in [4.69, 9.17) is 61.6 Å². The number of rotatable bonds is 15. The van der Waals surface area contributed by atoms with Gasteiger partial charge in [0.1, 0.15) is 37.1 Å². The van der Waals surface area contributed by atoms with Gasteiger partial charge in [0.15, 0.2) is 55.5 Å². The van der Waals surface area contributed by atoms with Crippen molar-refractivity contribution in [2.45, 2.75) is 267 Å². The molecule has 3 saturated heterocycles. The summed E-state index contributed by atoms with van der Waals surface area (Å²) < 4.78 is 79.2. The molecule has 2 N–H and O–H groups in total. The average Bonchev–Trinajstić information content (AvgIpc) is 0.752. The van der Waals surface area contributed by atoms with Gasteiger partial charge in [0.25, 0.3) is 0 Å². The third kappa shape index (κ3) is 12.7. The van der Waals surface area contributed by atoms with E-state index in [0.717, 1.165) is 74.1 Å². The Balaban J connectivity index is 1.17. The maximum absolute atomic E-state index is 13.1. The van der Waals surface area contributed by atoms with Gasteiger partial charge in [-0.25, -0.2) is 0 Å². The molecule has 24 atom stereocenters. The van der Waals surface area contributed by atoms with E-state index in [0.29, 0.717) is 35.0 Å². The highest BCUT2D eigenvalue weighted by Gasteiger charge is 2.71. The lowest BCUT2D eigenvalue weighted by Crippen LogP contribution is -2.69. The zero-order valence-electron chi connectivity index (χ0n) is 51.4. The number of fused-ring (bicyclic) bond motifs is 7.